The lowest BCUT2D eigenvalue weighted by Gasteiger charge is -2.28. The van der Waals surface area contributed by atoms with Crippen LogP contribution in [0.25, 0.3) is 0 Å². The molecule has 0 unspecified atom stereocenters. The quantitative estimate of drug-likeness (QED) is 0.646. The maximum Gasteiger partial charge on any atom is 0.338 e. The molecule has 0 aromatic heterocycles. The summed E-state index contributed by atoms with van der Waals surface area (Å²) in [4.78, 5) is 36.4. The Balaban J connectivity index is 2.25. The highest BCUT2D eigenvalue weighted by atomic mass is 32.2. The molecular formula is C18H22N2O7S. The summed E-state index contributed by atoms with van der Waals surface area (Å²) in [6.45, 7) is 3.22. The predicted octanol–water partition coefficient (Wildman–Crippen LogP) is 1.16. The second-order valence-corrected chi connectivity index (χ2v) is 8.06. The zero-order valence-electron chi connectivity index (χ0n) is 15.8. The van der Waals surface area contributed by atoms with Crippen LogP contribution in [0.2, 0.25) is 0 Å². The topological polar surface area (TPSA) is 128 Å². The van der Waals surface area contributed by atoms with Crippen molar-refractivity contribution in [3.05, 3.63) is 41.1 Å². The van der Waals surface area contributed by atoms with Gasteiger partial charge in [0.1, 0.15) is 6.61 Å². The van der Waals surface area contributed by atoms with E-state index in [1.807, 2.05) is 0 Å². The minimum absolute atomic E-state index is 0.0189. The average Bonchev–Trinajstić information content (AvgIpc) is 2.65. The van der Waals surface area contributed by atoms with Crippen molar-refractivity contribution in [2.24, 2.45) is 0 Å². The fourth-order valence-electron chi connectivity index (χ4n) is 2.65. The van der Waals surface area contributed by atoms with Crippen LogP contribution in [-0.4, -0.2) is 51.9 Å². The molecule has 9 nitrogen and oxygen atoms in total. The van der Waals surface area contributed by atoms with Crippen LogP contribution in [0.4, 0.5) is 4.79 Å². The van der Waals surface area contributed by atoms with Crippen molar-refractivity contribution >= 4 is 27.8 Å². The Hall–Kier alpha value is -2.88. The number of ether oxygens (including phenoxy) is 2. The number of urea groups is 1. The molecule has 0 saturated carbocycles. The number of nitrogens with one attached hydrogen (secondary N) is 2. The Kier molecular flexibility index (Phi) is 6.79. The first-order valence-electron chi connectivity index (χ1n) is 8.62. The number of hydrogen-bond donors (Lipinski definition) is 2. The Bertz CT molecular complexity index is 922. The molecule has 1 aromatic rings. The molecule has 0 bridgehead atoms. The molecule has 0 saturated heterocycles. The summed E-state index contributed by atoms with van der Waals surface area (Å²) in [6, 6.07) is 4.31. The maximum atomic E-state index is 12.3. The molecule has 0 radical (unpaired) electrons. The Morgan fingerprint density at radius 1 is 1.14 bits per heavy atom. The van der Waals surface area contributed by atoms with Crippen LogP contribution in [0.15, 0.2) is 40.4 Å². The largest absolute Gasteiger partial charge is 0.463 e. The highest BCUT2D eigenvalue weighted by Crippen LogP contribution is 2.18. The molecule has 0 aliphatic carbocycles. The Labute approximate surface area is 163 Å². The van der Waals surface area contributed by atoms with Crippen LogP contribution in [0.1, 0.15) is 30.6 Å². The first kappa shape index (κ1) is 21.4. The summed E-state index contributed by atoms with van der Waals surface area (Å²) < 4.78 is 33.5. The zero-order chi connectivity index (χ0) is 20.9. The molecule has 0 spiro atoms. The highest BCUT2D eigenvalue weighted by Gasteiger charge is 2.32. The number of amides is 2. The van der Waals surface area contributed by atoms with Gasteiger partial charge in [0.25, 0.3) is 0 Å². The first-order chi connectivity index (χ1) is 13.2. The molecule has 1 heterocycles. The average molecular weight is 410 g/mol. The molecule has 28 heavy (non-hydrogen) atoms. The third kappa shape index (κ3) is 5.10. The van der Waals surface area contributed by atoms with Crippen molar-refractivity contribution in [3.8, 4) is 0 Å². The molecule has 152 valence electrons. The van der Waals surface area contributed by atoms with Crippen molar-refractivity contribution in [2.45, 2.75) is 31.2 Å². The van der Waals surface area contributed by atoms with Crippen molar-refractivity contribution < 1.29 is 32.3 Å². The van der Waals surface area contributed by atoms with E-state index in [4.69, 9.17) is 9.47 Å². The highest BCUT2D eigenvalue weighted by molar-refractivity contribution is 7.90. The summed E-state index contributed by atoms with van der Waals surface area (Å²) in [7, 11) is -3.48. The summed E-state index contributed by atoms with van der Waals surface area (Å²) in [5.74, 6) is -1.41. The lowest BCUT2D eigenvalue weighted by molar-refractivity contribution is -0.139. The molecule has 2 rings (SSSR count). The SMILES string of the molecule is CCOC(=O)C1=C(COC(=O)c2cccc(S(C)(=O)=O)c2)NC(=O)N[C@@H]1CC. The first-order valence-corrected chi connectivity index (χ1v) is 10.5. The van der Waals surface area contributed by atoms with Gasteiger partial charge in [-0.1, -0.05) is 13.0 Å². The number of carbonyl (C=O) groups excluding carboxylic acids is 3. The molecule has 1 atom stereocenters. The van der Waals surface area contributed by atoms with E-state index < -0.39 is 33.8 Å². The van der Waals surface area contributed by atoms with E-state index in [9.17, 15) is 22.8 Å². The van der Waals surface area contributed by atoms with Gasteiger partial charge in [-0.3, -0.25) is 0 Å². The van der Waals surface area contributed by atoms with Gasteiger partial charge < -0.3 is 20.1 Å². The van der Waals surface area contributed by atoms with Gasteiger partial charge in [-0.15, -0.1) is 0 Å². The predicted molar refractivity (Wildman–Crippen MR) is 99.2 cm³/mol. The van der Waals surface area contributed by atoms with Gasteiger partial charge in [-0.05, 0) is 31.5 Å². The van der Waals surface area contributed by atoms with Gasteiger partial charge in [0.2, 0.25) is 0 Å². The smallest absolute Gasteiger partial charge is 0.338 e. The fourth-order valence-corrected chi connectivity index (χ4v) is 3.32. The molecule has 2 amide bonds. The zero-order valence-corrected chi connectivity index (χ0v) is 16.6. The van der Waals surface area contributed by atoms with Crippen LogP contribution < -0.4 is 10.6 Å². The van der Waals surface area contributed by atoms with E-state index in [1.165, 1.54) is 24.3 Å². The molecule has 1 aromatic carbocycles. The lowest BCUT2D eigenvalue weighted by atomic mass is 10.0. The van der Waals surface area contributed by atoms with Crippen LogP contribution in [0, 0.1) is 0 Å². The van der Waals surface area contributed by atoms with Crippen LogP contribution in [0.5, 0.6) is 0 Å². The van der Waals surface area contributed by atoms with Gasteiger partial charge in [0.15, 0.2) is 9.84 Å². The van der Waals surface area contributed by atoms with Crippen molar-refractivity contribution in [3.63, 3.8) is 0 Å². The lowest BCUT2D eigenvalue weighted by Crippen LogP contribution is -2.51. The third-order valence-corrected chi connectivity index (χ3v) is 5.10. The maximum absolute atomic E-state index is 12.3. The van der Waals surface area contributed by atoms with Gasteiger partial charge in [0.05, 0.1) is 34.4 Å². The number of rotatable bonds is 7. The van der Waals surface area contributed by atoms with Crippen molar-refractivity contribution in [1.29, 1.82) is 0 Å². The molecule has 10 heteroatoms. The minimum atomic E-state index is -3.48. The second kappa shape index (κ2) is 8.87. The molecule has 1 aliphatic rings. The van der Waals surface area contributed by atoms with Gasteiger partial charge >= 0.3 is 18.0 Å². The van der Waals surface area contributed by atoms with E-state index in [1.54, 1.807) is 13.8 Å². The van der Waals surface area contributed by atoms with E-state index in [0.29, 0.717) is 6.42 Å². The second-order valence-electron chi connectivity index (χ2n) is 6.05. The Morgan fingerprint density at radius 2 is 1.86 bits per heavy atom. The third-order valence-electron chi connectivity index (χ3n) is 3.99. The number of sulfone groups is 1. The number of hydrogen-bond acceptors (Lipinski definition) is 7. The normalized spacial score (nSPS) is 16.8. The van der Waals surface area contributed by atoms with Crippen molar-refractivity contribution in [1.82, 2.24) is 10.6 Å². The molecule has 1 aliphatic heterocycles. The van der Waals surface area contributed by atoms with E-state index in [0.717, 1.165) is 6.26 Å². The molecular weight excluding hydrogens is 388 g/mol. The van der Waals surface area contributed by atoms with Crippen LogP contribution in [0.3, 0.4) is 0 Å². The fraction of sp³-hybridized carbons (Fsp3) is 0.389. The summed E-state index contributed by atoms with van der Waals surface area (Å²) in [6.07, 6.45) is 1.47. The van der Waals surface area contributed by atoms with E-state index >= 15 is 0 Å². The van der Waals surface area contributed by atoms with Gasteiger partial charge in [-0.25, -0.2) is 22.8 Å². The Morgan fingerprint density at radius 3 is 2.46 bits per heavy atom. The monoisotopic (exact) mass is 410 g/mol. The summed E-state index contributed by atoms with van der Waals surface area (Å²) in [5, 5.41) is 5.08. The minimum Gasteiger partial charge on any atom is -0.463 e. The van der Waals surface area contributed by atoms with E-state index in [-0.39, 0.29) is 34.9 Å². The van der Waals surface area contributed by atoms with Gasteiger partial charge in [-0.2, -0.15) is 0 Å². The number of esters is 2. The van der Waals surface area contributed by atoms with E-state index in [2.05, 4.69) is 10.6 Å². The van der Waals surface area contributed by atoms with Crippen LogP contribution in [-0.2, 0) is 24.1 Å². The molecule has 0 fully saturated rings. The summed E-state index contributed by atoms with van der Waals surface area (Å²) >= 11 is 0. The number of carbonyl (C=O) groups is 3. The summed E-state index contributed by atoms with van der Waals surface area (Å²) in [5.41, 5.74) is 0.344. The van der Waals surface area contributed by atoms with Gasteiger partial charge in [0, 0.05) is 6.26 Å². The van der Waals surface area contributed by atoms with Crippen molar-refractivity contribution in [2.75, 3.05) is 19.5 Å². The standard InChI is InChI=1S/C18H22N2O7S/c1-4-13-15(17(22)26-5-2)14(20-18(23)19-13)10-27-16(21)11-7-6-8-12(9-11)28(3,24)25/h6-9,13H,4-5,10H2,1-3H3,(H2,19,20,23)/t13-/m1/s1. The van der Waals surface area contributed by atoms with Crippen LogP contribution >= 0.6 is 0 Å². The molecule has 2 N–H and O–H groups in total. The number of benzene rings is 1.